The van der Waals surface area contributed by atoms with Gasteiger partial charge in [-0.25, -0.2) is 0 Å². The second kappa shape index (κ2) is 5.54. The van der Waals surface area contributed by atoms with E-state index < -0.39 is 5.97 Å². The normalized spacial score (nSPS) is 6.90. The highest BCUT2D eigenvalue weighted by Gasteiger charge is 1.77. The fourth-order valence-corrected chi connectivity index (χ4v) is 0. The van der Waals surface area contributed by atoms with Crippen molar-refractivity contribution < 1.29 is 9.90 Å². The summed E-state index contributed by atoms with van der Waals surface area (Å²) in [7, 11) is 0. The van der Waals surface area contributed by atoms with Crippen LogP contribution in [0.4, 0.5) is 0 Å². The van der Waals surface area contributed by atoms with Gasteiger partial charge in [-0.15, -0.1) is 0 Å². The minimum absolute atomic E-state index is 0.0185. The predicted molar refractivity (Wildman–Crippen MR) is 37.1 cm³/mol. The van der Waals surface area contributed by atoms with E-state index >= 15 is 0 Å². The highest BCUT2D eigenvalue weighted by Crippen LogP contribution is 1.62. The molecule has 0 fully saturated rings. The van der Waals surface area contributed by atoms with Crippen LogP contribution >= 0.6 is 0 Å². The molecule has 0 bridgehead atoms. The highest BCUT2D eigenvalue weighted by molar-refractivity contribution is 5.62. The number of carboxylic acids is 1. The monoisotopic (exact) mass is 148 g/mol. The van der Waals surface area contributed by atoms with Gasteiger partial charge in [0.25, 0.3) is 5.97 Å². The maximum absolute atomic E-state index is 9.00. The molecular weight excluding hydrogens is 136 g/mol. The molecule has 0 unspecified atom stereocenters. The average molecular weight is 148 g/mol. The molecule has 0 heterocycles. The fraction of sp³-hybridized carbons (Fsp3) is 0.250. The van der Waals surface area contributed by atoms with E-state index in [4.69, 9.17) is 32.8 Å². The third-order valence-electron chi connectivity index (χ3n) is 0.333. The highest BCUT2D eigenvalue weighted by atomic mass is 16.4. The Morgan fingerprint density at radius 1 is 1.10 bits per heavy atom. The first kappa shape index (κ1) is 11.2. The Morgan fingerprint density at radius 2 is 1.20 bits per heavy atom. The van der Waals surface area contributed by atoms with E-state index in [-0.39, 0.29) is 11.6 Å². The SMILES string of the molecule is CC(=O)O.NC(N)=C(N)N. The molecule has 0 rings (SSSR count). The number of rotatable bonds is 0. The van der Waals surface area contributed by atoms with Gasteiger partial charge < -0.3 is 28.0 Å². The molecule has 0 aliphatic rings. The largest absolute Gasteiger partial charge is 0.481 e. The van der Waals surface area contributed by atoms with E-state index in [0.717, 1.165) is 6.92 Å². The Kier molecular flexibility index (Phi) is 6.23. The summed E-state index contributed by atoms with van der Waals surface area (Å²) >= 11 is 0. The molecule has 0 aromatic carbocycles. The van der Waals surface area contributed by atoms with Crippen LogP contribution in [0.15, 0.2) is 11.6 Å². The first-order chi connectivity index (χ1) is 4.37. The summed E-state index contributed by atoms with van der Waals surface area (Å²) in [6.45, 7) is 1.08. The first-order valence-electron chi connectivity index (χ1n) is 2.33. The number of carboxylic acid groups (broad SMARTS) is 1. The van der Waals surface area contributed by atoms with Crippen LogP contribution in [-0.2, 0) is 4.79 Å². The molecule has 0 saturated carbocycles. The Bertz CT molecular complexity index is 120. The van der Waals surface area contributed by atoms with Crippen molar-refractivity contribution in [2.75, 3.05) is 0 Å². The average Bonchev–Trinajstić information content (AvgIpc) is 1.63. The lowest BCUT2D eigenvalue weighted by atomic mass is 10.7. The molecule has 0 amide bonds. The smallest absolute Gasteiger partial charge is 0.300 e. The van der Waals surface area contributed by atoms with Gasteiger partial charge >= 0.3 is 0 Å². The van der Waals surface area contributed by atoms with Gasteiger partial charge in [0.1, 0.15) is 11.6 Å². The lowest BCUT2D eigenvalue weighted by Crippen LogP contribution is -2.22. The quantitative estimate of drug-likeness (QED) is 0.270. The minimum atomic E-state index is -0.833. The molecule has 60 valence electrons. The molecular formula is C4H12N4O2. The number of carbonyl (C=O) groups is 1. The van der Waals surface area contributed by atoms with Crippen LogP contribution in [0.5, 0.6) is 0 Å². The summed E-state index contributed by atoms with van der Waals surface area (Å²) in [5.41, 5.74) is 19.4. The van der Waals surface area contributed by atoms with Gasteiger partial charge in [0, 0.05) is 6.92 Å². The number of hydrogen-bond acceptors (Lipinski definition) is 5. The molecule has 0 radical (unpaired) electrons. The number of hydrogen-bond donors (Lipinski definition) is 5. The van der Waals surface area contributed by atoms with Crippen molar-refractivity contribution in [3.8, 4) is 0 Å². The third kappa shape index (κ3) is 32.3. The Balaban J connectivity index is 0. The first-order valence-corrected chi connectivity index (χ1v) is 2.33. The third-order valence-corrected chi connectivity index (χ3v) is 0.333. The standard InChI is InChI=1S/C2H8N4.C2H4O2/c3-1(4)2(5)6;1-2(3)4/h3-6H2;1H3,(H,3,4). The summed E-state index contributed by atoms with van der Waals surface area (Å²) in [6, 6.07) is 0. The summed E-state index contributed by atoms with van der Waals surface area (Å²) in [4.78, 5) is 9.00. The van der Waals surface area contributed by atoms with Crippen molar-refractivity contribution >= 4 is 5.97 Å². The van der Waals surface area contributed by atoms with Crippen molar-refractivity contribution in [1.82, 2.24) is 0 Å². The molecule has 6 heteroatoms. The minimum Gasteiger partial charge on any atom is -0.481 e. The zero-order chi connectivity index (χ0) is 8.73. The van der Waals surface area contributed by atoms with Crippen molar-refractivity contribution in [2.24, 2.45) is 22.9 Å². The van der Waals surface area contributed by atoms with Gasteiger partial charge in [0.2, 0.25) is 0 Å². The van der Waals surface area contributed by atoms with Crippen LogP contribution in [0.25, 0.3) is 0 Å². The van der Waals surface area contributed by atoms with E-state index in [1.807, 2.05) is 0 Å². The molecule has 6 nitrogen and oxygen atoms in total. The Labute approximate surface area is 58.5 Å². The number of aliphatic carboxylic acids is 1. The van der Waals surface area contributed by atoms with Gasteiger partial charge in [-0.05, 0) is 0 Å². The Hall–Kier alpha value is -1.59. The maximum Gasteiger partial charge on any atom is 0.300 e. The van der Waals surface area contributed by atoms with Crippen LogP contribution in [-0.4, -0.2) is 11.1 Å². The van der Waals surface area contributed by atoms with E-state index in [9.17, 15) is 0 Å². The van der Waals surface area contributed by atoms with Crippen LogP contribution in [0.1, 0.15) is 6.92 Å². The zero-order valence-corrected chi connectivity index (χ0v) is 5.66. The molecule has 9 N–H and O–H groups in total. The van der Waals surface area contributed by atoms with Crippen molar-refractivity contribution in [3.05, 3.63) is 11.6 Å². The number of nitrogens with two attached hydrogens (primary N) is 4. The predicted octanol–water partition coefficient (Wildman–Crippen LogP) is -1.96. The lowest BCUT2D eigenvalue weighted by molar-refractivity contribution is -0.134. The van der Waals surface area contributed by atoms with E-state index in [1.54, 1.807) is 0 Å². The van der Waals surface area contributed by atoms with Crippen molar-refractivity contribution in [3.63, 3.8) is 0 Å². The molecule has 0 spiro atoms. The molecule has 0 atom stereocenters. The van der Waals surface area contributed by atoms with Crippen LogP contribution in [0.3, 0.4) is 0 Å². The summed E-state index contributed by atoms with van der Waals surface area (Å²) in [5.74, 6) is -0.870. The van der Waals surface area contributed by atoms with E-state index in [2.05, 4.69) is 0 Å². The summed E-state index contributed by atoms with van der Waals surface area (Å²) in [6.07, 6.45) is 0. The van der Waals surface area contributed by atoms with E-state index in [1.165, 1.54) is 0 Å². The summed E-state index contributed by atoms with van der Waals surface area (Å²) < 4.78 is 0. The molecule has 0 aliphatic heterocycles. The van der Waals surface area contributed by atoms with Gasteiger partial charge in [-0.3, -0.25) is 4.79 Å². The van der Waals surface area contributed by atoms with Crippen LogP contribution in [0.2, 0.25) is 0 Å². The van der Waals surface area contributed by atoms with Gasteiger partial charge in [-0.1, -0.05) is 0 Å². The van der Waals surface area contributed by atoms with Gasteiger partial charge in [-0.2, -0.15) is 0 Å². The zero-order valence-electron chi connectivity index (χ0n) is 5.66. The molecule has 10 heavy (non-hydrogen) atoms. The van der Waals surface area contributed by atoms with Gasteiger partial charge in [0.05, 0.1) is 0 Å². The second-order valence-electron chi connectivity index (χ2n) is 1.43. The maximum atomic E-state index is 9.00. The van der Waals surface area contributed by atoms with Crippen molar-refractivity contribution in [1.29, 1.82) is 0 Å². The fourth-order valence-electron chi connectivity index (χ4n) is 0. The van der Waals surface area contributed by atoms with E-state index in [0.29, 0.717) is 0 Å². The topological polar surface area (TPSA) is 141 Å². The van der Waals surface area contributed by atoms with Gasteiger partial charge in [0.15, 0.2) is 0 Å². The van der Waals surface area contributed by atoms with Crippen LogP contribution < -0.4 is 22.9 Å². The lowest BCUT2D eigenvalue weighted by Gasteiger charge is -1.89. The Morgan fingerprint density at radius 3 is 1.20 bits per heavy atom. The molecule has 0 saturated heterocycles. The molecule has 0 aromatic rings. The van der Waals surface area contributed by atoms with Crippen LogP contribution in [0, 0.1) is 0 Å². The second-order valence-corrected chi connectivity index (χ2v) is 1.43. The summed E-state index contributed by atoms with van der Waals surface area (Å²) in [5, 5.41) is 7.42. The molecule has 0 aromatic heterocycles. The molecule has 0 aliphatic carbocycles. The van der Waals surface area contributed by atoms with Crippen molar-refractivity contribution in [2.45, 2.75) is 6.92 Å².